The highest BCUT2D eigenvalue weighted by molar-refractivity contribution is 5.77. The molecule has 0 aliphatic rings. The third kappa shape index (κ3) is 39.8. The summed E-state index contributed by atoms with van der Waals surface area (Å²) in [5.74, 6) is -0.563. The third-order valence-corrected chi connectivity index (χ3v) is 10.3. The second-order valence-corrected chi connectivity index (χ2v) is 15.9. The zero-order valence-corrected chi connectivity index (χ0v) is 37.6. The molecule has 332 valence electrons. The average Bonchev–Trinajstić information content (AvgIpc) is 3.22. The summed E-state index contributed by atoms with van der Waals surface area (Å²) in [7, 11) is 0. The molecule has 0 heterocycles. The Morgan fingerprint density at radius 2 is 1.02 bits per heavy atom. The molecular formula is C52H89NO5. The topological polar surface area (TPSA) is 95.9 Å². The molecule has 0 aliphatic carbocycles. The van der Waals surface area contributed by atoms with Crippen molar-refractivity contribution in [1.82, 2.24) is 5.32 Å². The van der Waals surface area contributed by atoms with Crippen LogP contribution in [0, 0.1) is 0 Å². The molecule has 3 N–H and O–H groups in total. The SMILES string of the molecule is CC/C=C/C=C/C=C\C=C/C=C/CCCC(CC(=O)NC(CO)C(O)CCCCCCCCCCC)OC(=O)CCCCCCCCC/C=C\C/C=C\CCCCC. The quantitative estimate of drug-likeness (QED) is 0.0247. The highest BCUT2D eigenvalue weighted by atomic mass is 16.5. The number of esters is 1. The predicted molar refractivity (Wildman–Crippen MR) is 250 cm³/mol. The number of hydrogen-bond donors (Lipinski definition) is 3. The van der Waals surface area contributed by atoms with E-state index in [9.17, 15) is 19.8 Å². The molecule has 0 fully saturated rings. The summed E-state index contributed by atoms with van der Waals surface area (Å²) < 4.78 is 5.87. The average molecular weight is 808 g/mol. The molecule has 0 bridgehead atoms. The maximum Gasteiger partial charge on any atom is 0.306 e. The van der Waals surface area contributed by atoms with Gasteiger partial charge in [0.25, 0.3) is 0 Å². The van der Waals surface area contributed by atoms with Crippen molar-refractivity contribution < 1.29 is 24.5 Å². The number of allylic oxidation sites excluding steroid dienone is 14. The Balaban J connectivity index is 4.70. The largest absolute Gasteiger partial charge is 0.462 e. The van der Waals surface area contributed by atoms with E-state index in [1.54, 1.807) is 0 Å². The van der Waals surface area contributed by atoms with Gasteiger partial charge in [0.1, 0.15) is 6.10 Å². The Hall–Kier alpha value is -2.96. The molecule has 6 nitrogen and oxygen atoms in total. The highest BCUT2D eigenvalue weighted by Gasteiger charge is 2.24. The van der Waals surface area contributed by atoms with Gasteiger partial charge in [-0.05, 0) is 70.6 Å². The predicted octanol–water partition coefficient (Wildman–Crippen LogP) is 14.0. The monoisotopic (exact) mass is 808 g/mol. The number of aliphatic hydroxyl groups is 2. The van der Waals surface area contributed by atoms with Crippen LogP contribution in [-0.2, 0) is 14.3 Å². The molecule has 0 aliphatic heterocycles. The Morgan fingerprint density at radius 1 is 0.534 bits per heavy atom. The van der Waals surface area contributed by atoms with Crippen LogP contribution in [0.3, 0.4) is 0 Å². The summed E-state index contributed by atoms with van der Waals surface area (Å²) in [4.78, 5) is 26.0. The lowest BCUT2D eigenvalue weighted by molar-refractivity contribution is -0.151. The van der Waals surface area contributed by atoms with E-state index in [-0.39, 0.29) is 24.9 Å². The molecule has 3 atom stereocenters. The minimum absolute atomic E-state index is 0.0211. The van der Waals surface area contributed by atoms with Gasteiger partial charge in [0.15, 0.2) is 0 Å². The van der Waals surface area contributed by atoms with Gasteiger partial charge >= 0.3 is 5.97 Å². The van der Waals surface area contributed by atoms with Gasteiger partial charge in [0, 0.05) is 6.42 Å². The van der Waals surface area contributed by atoms with E-state index in [1.165, 1.54) is 89.9 Å². The minimum atomic E-state index is -0.810. The number of aliphatic hydroxyl groups excluding tert-OH is 2. The van der Waals surface area contributed by atoms with E-state index < -0.39 is 18.2 Å². The molecular weight excluding hydrogens is 719 g/mol. The standard InChI is InChI=1S/C52H89NO5/c1-4-7-10-13-16-19-21-23-24-25-26-28-30-33-36-39-42-45-52(57)58-48(43-40-37-34-32-29-27-22-20-17-14-11-8-5-2)46-51(56)53-49(47-54)50(55)44-41-38-35-31-18-15-12-9-6-3/h8,11,14,16-17,19-20,22-24,27,29,32,34,48-50,54-55H,4-7,9-10,12-13,15,18,21,25-26,28,30-31,33,35-47H2,1-3H3,(H,53,56)/b11-8+,17-14+,19-16-,22-20-,24-23-,29-27-,34-32+. The smallest absolute Gasteiger partial charge is 0.306 e. The Bertz CT molecular complexity index is 1130. The molecule has 6 heteroatoms. The summed E-state index contributed by atoms with van der Waals surface area (Å²) in [6.07, 6.45) is 57.9. The fourth-order valence-corrected chi connectivity index (χ4v) is 6.72. The number of carbonyl (C=O) groups excluding carboxylic acids is 2. The first kappa shape index (κ1) is 55.0. The lowest BCUT2D eigenvalue weighted by Gasteiger charge is -2.24. The third-order valence-electron chi connectivity index (χ3n) is 10.3. The van der Waals surface area contributed by atoms with Gasteiger partial charge in [0.05, 0.1) is 25.2 Å². The molecule has 1 amide bonds. The van der Waals surface area contributed by atoms with Gasteiger partial charge in [-0.3, -0.25) is 9.59 Å². The minimum Gasteiger partial charge on any atom is -0.462 e. The van der Waals surface area contributed by atoms with Crippen LogP contribution >= 0.6 is 0 Å². The molecule has 3 unspecified atom stereocenters. The van der Waals surface area contributed by atoms with Gasteiger partial charge in [-0.2, -0.15) is 0 Å². The molecule has 0 aromatic heterocycles. The van der Waals surface area contributed by atoms with Crippen molar-refractivity contribution in [1.29, 1.82) is 0 Å². The number of amides is 1. The van der Waals surface area contributed by atoms with E-state index in [4.69, 9.17) is 4.74 Å². The van der Waals surface area contributed by atoms with Crippen LogP contribution in [0.2, 0.25) is 0 Å². The van der Waals surface area contributed by atoms with Crippen molar-refractivity contribution >= 4 is 11.9 Å². The van der Waals surface area contributed by atoms with Crippen LogP contribution in [0.1, 0.15) is 207 Å². The molecule has 0 aromatic carbocycles. The van der Waals surface area contributed by atoms with Crippen LogP contribution in [0.4, 0.5) is 0 Å². The molecule has 0 saturated carbocycles. The van der Waals surface area contributed by atoms with Crippen LogP contribution in [-0.4, -0.2) is 46.9 Å². The van der Waals surface area contributed by atoms with Gasteiger partial charge in [-0.1, -0.05) is 209 Å². The van der Waals surface area contributed by atoms with Crippen molar-refractivity contribution in [3.63, 3.8) is 0 Å². The van der Waals surface area contributed by atoms with Crippen LogP contribution in [0.15, 0.2) is 85.1 Å². The Labute approximate surface area is 357 Å². The van der Waals surface area contributed by atoms with E-state index >= 15 is 0 Å². The number of rotatable bonds is 41. The number of hydrogen-bond acceptors (Lipinski definition) is 5. The van der Waals surface area contributed by atoms with Crippen LogP contribution in [0.25, 0.3) is 0 Å². The van der Waals surface area contributed by atoms with E-state index in [0.29, 0.717) is 19.3 Å². The number of carbonyl (C=O) groups is 2. The highest BCUT2D eigenvalue weighted by Crippen LogP contribution is 2.16. The molecule has 0 aromatic rings. The van der Waals surface area contributed by atoms with Crippen molar-refractivity contribution in [3.05, 3.63) is 85.1 Å². The van der Waals surface area contributed by atoms with Gasteiger partial charge < -0.3 is 20.3 Å². The van der Waals surface area contributed by atoms with Gasteiger partial charge in [0.2, 0.25) is 5.91 Å². The molecule has 58 heavy (non-hydrogen) atoms. The summed E-state index contributed by atoms with van der Waals surface area (Å²) in [6.45, 7) is 6.25. The Kier molecular flexibility index (Phi) is 42.8. The van der Waals surface area contributed by atoms with Gasteiger partial charge in [-0.25, -0.2) is 0 Å². The normalized spacial score (nSPS) is 14.1. The number of ether oxygens (including phenoxy) is 1. The van der Waals surface area contributed by atoms with Gasteiger partial charge in [-0.15, -0.1) is 0 Å². The van der Waals surface area contributed by atoms with Crippen molar-refractivity contribution in [3.8, 4) is 0 Å². The first-order valence-electron chi connectivity index (χ1n) is 23.9. The van der Waals surface area contributed by atoms with Crippen molar-refractivity contribution in [2.24, 2.45) is 0 Å². The fraction of sp³-hybridized carbons (Fsp3) is 0.692. The first-order chi connectivity index (χ1) is 28.5. The maximum absolute atomic E-state index is 13.1. The number of nitrogens with one attached hydrogen (secondary N) is 1. The molecule has 0 saturated heterocycles. The summed E-state index contributed by atoms with van der Waals surface area (Å²) in [5.41, 5.74) is 0. The van der Waals surface area contributed by atoms with Crippen molar-refractivity contribution in [2.45, 2.75) is 225 Å². The summed E-state index contributed by atoms with van der Waals surface area (Å²) in [6, 6.07) is -0.728. The van der Waals surface area contributed by atoms with E-state index in [0.717, 1.165) is 70.6 Å². The second-order valence-electron chi connectivity index (χ2n) is 15.9. The number of unbranched alkanes of at least 4 members (excludes halogenated alkanes) is 19. The molecule has 0 radical (unpaired) electrons. The van der Waals surface area contributed by atoms with Crippen LogP contribution in [0.5, 0.6) is 0 Å². The Morgan fingerprint density at radius 3 is 1.60 bits per heavy atom. The summed E-state index contributed by atoms with van der Waals surface area (Å²) >= 11 is 0. The van der Waals surface area contributed by atoms with E-state index in [1.807, 2.05) is 48.6 Å². The second kappa shape index (κ2) is 45.1. The first-order valence-corrected chi connectivity index (χ1v) is 23.9. The molecule has 0 spiro atoms. The molecule has 0 rings (SSSR count). The van der Waals surface area contributed by atoms with Crippen molar-refractivity contribution in [2.75, 3.05) is 6.61 Å². The fourth-order valence-electron chi connectivity index (χ4n) is 6.72. The zero-order chi connectivity index (χ0) is 42.4. The lowest BCUT2D eigenvalue weighted by atomic mass is 10.0. The summed E-state index contributed by atoms with van der Waals surface area (Å²) in [5, 5.41) is 23.6. The lowest BCUT2D eigenvalue weighted by Crippen LogP contribution is -2.46. The maximum atomic E-state index is 13.1. The zero-order valence-electron chi connectivity index (χ0n) is 37.6. The van der Waals surface area contributed by atoms with Crippen LogP contribution < -0.4 is 5.32 Å². The van der Waals surface area contributed by atoms with E-state index in [2.05, 4.69) is 62.5 Å².